The molecule has 0 amide bonds. The van der Waals surface area contributed by atoms with Gasteiger partial charge in [0, 0.05) is 27.2 Å². The molecule has 2 heterocycles. The second-order valence-electron chi connectivity index (χ2n) is 4.15. The number of nitrogens with zero attached hydrogens (tertiary/aromatic N) is 5. The van der Waals surface area contributed by atoms with Crippen LogP contribution in [0.3, 0.4) is 0 Å². The summed E-state index contributed by atoms with van der Waals surface area (Å²) in [4.78, 5) is 16.7. The lowest BCUT2D eigenvalue weighted by atomic mass is 10.1. The van der Waals surface area contributed by atoms with Crippen molar-refractivity contribution in [2.24, 2.45) is 0 Å². The summed E-state index contributed by atoms with van der Waals surface area (Å²) in [5.74, 6) is 1.31. The molecule has 0 atom stereocenters. The molecule has 0 N–H and O–H groups in total. The first kappa shape index (κ1) is 11.4. The normalized spacial score (nSPS) is 16.3. The van der Waals surface area contributed by atoms with Crippen molar-refractivity contribution in [3.8, 4) is 0 Å². The molecule has 5 nitrogen and oxygen atoms in total. The van der Waals surface area contributed by atoms with E-state index < -0.39 is 0 Å². The molecule has 0 aliphatic carbocycles. The summed E-state index contributed by atoms with van der Waals surface area (Å²) in [7, 11) is 3.79. The van der Waals surface area contributed by atoms with E-state index in [1.165, 1.54) is 19.3 Å². The lowest BCUT2D eigenvalue weighted by Crippen LogP contribution is -2.31. The van der Waals surface area contributed by atoms with Gasteiger partial charge in [0.1, 0.15) is 0 Å². The molecule has 1 aliphatic rings. The molecule has 0 spiro atoms. The molecule has 1 fully saturated rings. The number of hydrogen-bond acceptors (Lipinski definition) is 5. The highest BCUT2D eigenvalue weighted by atomic mass is 35.5. The van der Waals surface area contributed by atoms with E-state index in [-0.39, 0.29) is 5.28 Å². The van der Waals surface area contributed by atoms with Crippen LogP contribution in [-0.4, -0.2) is 42.1 Å². The molecule has 0 unspecified atom stereocenters. The first-order valence-electron chi connectivity index (χ1n) is 5.50. The molecule has 88 valence electrons. The van der Waals surface area contributed by atoms with Crippen LogP contribution in [0.25, 0.3) is 0 Å². The monoisotopic (exact) mass is 241 g/mol. The second kappa shape index (κ2) is 4.82. The maximum atomic E-state index is 5.90. The van der Waals surface area contributed by atoms with Gasteiger partial charge in [0.2, 0.25) is 17.2 Å². The van der Waals surface area contributed by atoms with Crippen LogP contribution in [0.5, 0.6) is 0 Å². The first-order valence-corrected chi connectivity index (χ1v) is 5.88. The fourth-order valence-corrected chi connectivity index (χ4v) is 1.92. The zero-order valence-electron chi connectivity index (χ0n) is 9.65. The number of hydrogen-bond donors (Lipinski definition) is 0. The van der Waals surface area contributed by atoms with Crippen LogP contribution in [0.2, 0.25) is 5.28 Å². The summed E-state index contributed by atoms with van der Waals surface area (Å²) in [5.41, 5.74) is 0. The number of piperidine rings is 1. The summed E-state index contributed by atoms with van der Waals surface area (Å²) in [6, 6.07) is 0. The molecule has 0 radical (unpaired) electrons. The maximum Gasteiger partial charge on any atom is 0.231 e. The minimum atomic E-state index is 0.263. The average Bonchev–Trinajstić information content (AvgIpc) is 2.29. The summed E-state index contributed by atoms with van der Waals surface area (Å²) in [5, 5.41) is 0.263. The maximum absolute atomic E-state index is 5.90. The number of rotatable bonds is 2. The fourth-order valence-electron chi connectivity index (χ4n) is 1.76. The Bertz CT molecular complexity index is 362. The van der Waals surface area contributed by atoms with Crippen LogP contribution in [-0.2, 0) is 0 Å². The van der Waals surface area contributed by atoms with Crippen molar-refractivity contribution in [1.82, 2.24) is 15.0 Å². The van der Waals surface area contributed by atoms with Crippen molar-refractivity contribution in [3.05, 3.63) is 5.28 Å². The molecule has 6 heteroatoms. The van der Waals surface area contributed by atoms with Gasteiger partial charge in [-0.1, -0.05) is 0 Å². The van der Waals surface area contributed by atoms with Gasteiger partial charge in [-0.2, -0.15) is 15.0 Å². The zero-order chi connectivity index (χ0) is 11.5. The molecular formula is C10H16ClN5. The van der Waals surface area contributed by atoms with Gasteiger partial charge in [0.15, 0.2) is 0 Å². The van der Waals surface area contributed by atoms with Gasteiger partial charge >= 0.3 is 0 Å². The average molecular weight is 242 g/mol. The van der Waals surface area contributed by atoms with Crippen LogP contribution < -0.4 is 9.80 Å². The second-order valence-corrected chi connectivity index (χ2v) is 4.48. The van der Waals surface area contributed by atoms with Crippen LogP contribution in [0.15, 0.2) is 0 Å². The Balaban J connectivity index is 2.25. The Labute approximate surface area is 100 Å². The quantitative estimate of drug-likeness (QED) is 0.787. The zero-order valence-corrected chi connectivity index (χ0v) is 10.4. The molecular weight excluding hydrogens is 226 g/mol. The van der Waals surface area contributed by atoms with E-state index in [2.05, 4.69) is 19.9 Å². The minimum absolute atomic E-state index is 0.263. The predicted octanol–water partition coefficient (Wildman–Crippen LogP) is 1.58. The summed E-state index contributed by atoms with van der Waals surface area (Å²) in [6.45, 7) is 2.01. The van der Waals surface area contributed by atoms with Crippen LogP contribution in [0.1, 0.15) is 19.3 Å². The van der Waals surface area contributed by atoms with Crippen molar-refractivity contribution in [1.29, 1.82) is 0 Å². The summed E-state index contributed by atoms with van der Waals surface area (Å²) in [6.07, 6.45) is 3.68. The van der Waals surface area contributed by atoms with E-state index in [9.17, 15) is 0 Å². The van der Waals surface area contributed by atoms with Crippen molar-refractivity contribution < 1.29 is 0 Å². The largest absolute Gasteiger partial charge is 0.347 e. The lowest BCUT2D eigenvalue weighted by Gasteiger charge is -2.27. The minimum Gasteiger partial charge on any atom is -0.347 e. The Morgan fingerprint density at radius 3 is 2.38 bits per heavy atom. The topological polar surface area (TPSA) is 45.2 Å². The predicted molar refractivity (Wildman–Crippen MR) is 65.2 cm³/mol. The molecule has 1 aromatic heterocycles. The lowest BCUT2D eigenvalue weighted by molar-refractivity contribution is 0.567. The van der Waals surface area contributed by atoms with Crippen LogP contribution in [0, 0.1) is 0 Å². The molecule has 16 heavy (non-hydrogen) atoms. The number of halogens is 1. The van der Waals surface area contributed by atoms with Gasteiger partial charge in [-0.15, -0.1) is 0 Å². The van der Waals surface area contributed by atoms with Crippen molar-refractivity contribution >= 4 is 23.5 Å². The molecule has 1 aliphatic heterocycles. The van der Waals surface area contributed by atoms with E-state index in [4.69, 9.17) is 11.6 Å². The molecule has 0 aromatic carbocycles. The third kappa shape index (κ3) is 2.52. The van der Waals surface area contributed by atoms with E-state index >= 15 is 0 Å². The van der Waals surface area contributed by atoms with Crippen LogP contribution >= 0.6 is 11.6 Å². The van der Waals surface area contributed by atoms with E-state index in [1.54, 1.807) is 0 Å². The van der Waals surface area contributed by atoms with Crippen LogP contribution in [0.4, 0.5) is 11.9 Å². The Kier molecular flexibility index (Phi) is 3.43. The van der Waals surface area contributed by atoms with Crippen molar-refractivity contribution in [2.45, 2.75) is 19.3 Å². The first-order chi connectivity index (χ1) is 7.66. The standard InChI is InChI=1S/C10H16ClN5/c1-15(2)9-12-8(11)13-10(14-9)16-6-4-3-5-7-16/h3-7H2,1-2H3. The fraction of sp³-hybridized carbons (Fsp3) is 0.700. The van der Waals surface area contributed by atoms with E-state index in [0.717, 1.165) is 13.1 Å². The van der Waals surface area contributed by atoms with Crippen molar-refractivity contribution in [3.63, 3.8) is 0 Å². The van der Waals surface area contributed by atoms with Gasteiger partial charge in [-0.25, -0.2) is 0 Å². The SMILES string of the molecule is CN(C)c1nc(Cl)nc(N2CCCCC2)n1. The molecule has 2 rings (SSSR count). The van der Waals surface area contributed by atoms with Gasteiger partial charge in [-0.05, 0) is 30.9 Å². The summed E-state index contributed by atoms with van der Waals surface area (Å²) < 4.78 is 0. The third-order valence-corrected chi connectivity index (χ3v) is 2.79. The third-order valence-electron chi connectivity index (χ3n) is 2.62. The number of anilines is 2. The van der Waals surface area contributed by atoms with Gasteiger partial charge in [0.05, 0.1) is 0 Å². The molecule has 0 saturated carbocycles. The highest BCUT2D eigenvalue weighted by molar-refractivity contribution is 6.28. The van der Waals surface area contributed by atoms with Gasteiger partial charge < -0.3 is 9.80 Å². The van der Waals surface area contributed by atoms with Crippen molar-refractivity contribution in [2.75, 3.05) is 37.0 Å². The van der Waals surface area contributed by atoms with E-state index in [1.807, 2.05) is 19.0 Å². The smallest absolute Gasteiger partial charge is 0.231 e. The molecule has 1 saturated heterocycles. The van der Waals surface area contributed by atoms with E-state index in [0.29, 0.717) is 11.9 Å². The van der Waals surface area contributed by atoms with Gasteiger partial charge in [0.25, 0.3) is 0 Å². The highest BCUT2D eigenvalue weighted by Crippen LogP contribution is 2.19. The summed E-state index contributed by atoms with van der Waals surface area (Å²) >= 11 is 5.90. The highest BCUT2D eigenvalue weighted by Gasteiger charge is 2.16. The number of aromatic nitrogens is 3. The Hall–Kier alpha value is -1.10. The Morgan fingerprint density at radius 2 is 1.75 bits per heavy atom. The Morgan fingerprint density at radius 1 is 1.06 bits per heavy atom. The molecule has 0 bridgehead atoms. The van der Waals surface area contributed by atoms with Gasteiger partial charge in [-0.3, -0.25) is 0 Å². The molecule has 1 aromatic rings.